The molecule has 6 fully saturated rings. The number of likely N-dealkylation sites (tertiary alicyclic amines) is 2. The van der Waals surface area contributed by atoms with Gasteiger partial charge in [0.25, 0.3) is 11.8 Å². The maximum atomic E-state index is 14.0. The molecule has 2 saturated heterocycles. The van der Waals surface area contributed by atoms with E-state index in [1.165, 1.54) is 48.2 Å². The Balaban J connectivity index is 0.000000146. The molecule has 344 valence electrons. The van der Waals surface area contributed by atoms with Crippen LogP contribution in [-0.2, 0) is 9.59 Å². The first-order chi connectivity index (χ1) is 32.4. The number of nitrogens with one attached hydrogen (secondary N) is 4. The van der Waals surface area contributed by atoms with Crippen molar-refractivity contribution in [3.63, 3.8) is 0 Å². The molecule has 4 aliphatic carbocycles. The summed E-state index contributed by atoms with van der Waals surface area (Å²) in [5.41, 5.74) is 6.27. The predicted molar refractivity (Wildman–Crippen MR) is 258 cm³/mol. The lowest BCUT2D eigenvalue weighted by Crippen LogP contribution is -2.50. The van der Waals surface area contributed by atoms with Crippen molar-refractivity contribution in [2.75, 3.05) is 23.7 Å². The summed E-state index contributed by atoms with van der Waals surface area (Å²) in [5.74, 6) is 2.54. The second kappa shape index (κ2) is 18.6. The third kappa shape index (κ3) is 8.49. The van der Waals surface area contributed by atoms with E-state index in [-0.39, 0.29) is 59.6 Å². The van der Waals surface area contributed by atoms with Crippen LogP contribution in [-0.4, -0.2) is 70.7 Å². The molecule has 10 heteroatoms. The molecule has 0 spiro atoms. The maximum absolute atomic E-state index is 14.0. The number of para-hydroxylation sites is 2. The number of carbonyl (C=O) groups is 4. The van der Waals surface area contributed by atoms with Crippen LogP contribution in [0.2, 0.25) is 0 Å². The van der Waals surface area contributed by atoms with Crippen molar-refractivity contribution in [2.24, 2.45) is 35.5 Å². The maximum Gasteiger partial charge on any atom is 0.251 e. The Morgan fingerprint density at radius 2 is 0.818 bits per heavy atom. The monoisotopic (exact) mass is 887 g/mol. The number of hydrogen-bond acceptors (Lipinski definition) is 6. The number of fused-ring (bicyclic) bond motifs is 6. The molecule has 4 aliphatic heterocycles. The molecule has 0 aromatic heterocycles. The topological polar surface area (TPSA) is 123 Å². The third-order valence-corrected chi connectivity index (χ3v) is 16.7. The van der Waals surface area contributed by atoms with Crippen LogP contribution in [0.4, 0.5) is 11.4 Å². The number of amides is 4. The quantitative estimate of drug-likeness (QED) is 0.140. The third-order valence-electron chi connectivity index (χ3n) is 16.7. The van der Waals surface area contributed by atoms with Gasteiger partial charge in [-0.3, -0.25) is 19.2 Å². The molecule has 12 rings (SSSR count). The van der Waals surface area contributed by atoms with E-state index in [1.807, 2.05) is 60.7 Å². The Labute approximate surface area is 390 Å². The molecule has 4 heterocycles. The van der Waals surface area contributed by atoms with Crippen LogP contribution in [0, 0.1) is 35.5 Å². The summed E-state index contributed by atoms with van der Waals surface area (Å²) >= 11 is 0. The standard InChI is InChI=1S/2C28H33N3O2/c2*32-27(19-8-2-1-3-9-19)30-24-13-7-5-11-21(24)28(33)31-17-16-22-25(18-14-15-18)29-23-12-6-4-10-20(23)26(22)31/h2*1-4,6,8-10,12,18,21-22,24-26,29H,5,7,11,13-17H2,(H,30,32)/t21-,22+,24+,25-,26-;21-,22-,24+,25+,26+/m00/s1. The highest BCUT2D eigenvalue weighted by Crippen LogP contribution is 2.54. The average molecular weight is 887 g/mol. The molecule has 4 aromatic rings. The van der Waals surface area contributed by atoms with Gasteiger partial charge in [0.05, 0.1) is 23.9 Å². The zero-order valence-corrected chi connectivity index (χ0v) is 38.2. The second-order valence-electron chi connectivity index (χ2n) is 20.7. The van der Waals surface area contributed by atoms with E-state index in [9.17, 15) is 19.2 Å². The smallest absolute Gasteiger partial charge is 0.251 e. The molecular formula is C56H66N6O4. The van der Waals surface area contributed by atoms with Crippen LogP contribution >= 0.6 is 0 Å². The minimum atomic E-state index is -0.133. The van der Waals surface area contributed by atoms with Crippen molar-refractivity contribution in [1.82, 2.24) is 20.4 Å². The Morgan fingerprint density at radius 1 is 0.439 bits per heavy atom. The molecule has 10 nitrogen and oxygen atoms in total. The van der Waals surface area contributed by atoms with Crippen molar-refractivity contribution in [2.45, 2.75) is 126 Å². The van der Waals surface area contributed by atoms with Crippen LogP contribution in [0.25, 0.3) is 0 Å². The van der Waals surface area contributed by atoms with Crippen molar-refractivity contribution in [3.8, 4) is 0 Å². The molecule has 0 radical (unpaired) electrons. The normalized spacial score (nSPS) is 30.7. The zero-order chi connectivity index (χ0) is 44.7. The van der Waals surface area contributed by atoms with E-state index in [0.717, 1.165) is 89.1 Å². The highest BCUT2D eigenvalue weighted by atomic mass is 16.2. The number of anilines is 2. The van der Waals surface area contributed by atoms with Crippen LogP contribution in [0.1, 0.15) is 134 Å². The highest BCUT2D eigenvalue weighted by molar-refractivity contribution is 5.95. The van der Waals surface area contributed by atoms with E-state index in [1.54, 1.807) is 0 Å². The molecule has 4 amide bonds. The van der Waals surface area contributed by atoms with E-state index in [0.29, 0.717) is 35.0 Å². The minimum Gasteiger partial charge on any atom is -0.381 e. The minimum absolute atomic E-state index is 0.0689. The van der Waals surface area contributed by atoms with Gasteiger partial charge in [0.2, 0.25) is 11.8 Å². The summed E-state index contributed by atoms with van der Waals surface area (Å²) < 4.78 is 0. The molecule has 0 bridgehead atoms. The van der Waals surface area contributed by atoms with Gasteiger partial charge in [-0.05, 0) is 124 Å². The lowest BCUT2D eigenvalue weighted by molar-refractivity contribution is -0.139. The molecule has 8 aliphatic rings. The Kier molecular flexibility index (Phi) is 12.1. The van der Waals surface area contributed by atoms with E-state index < -0.39 is 0 Å². The summed E-state index contributed by atoms with van der Waals surface area (Å²) in [7, 11) is 0. The fourth-order valence-corrected chi connectivity index (χ4v) is 13.2. The van der Waals surface area contributed by atoms with Gasteiger partial charge in [0, 0.05) is 71.6 Å². The van der Waals surface area contributed by atoms with E-state index in [4.69, 9.17) is 0 Å². The molecule has 10 atom stereocenters. The Bertz CT molecular complexity index is 2240. The average Bonchev–Trinajstić information content (AvgIpc) is 4.31. The predicted octanol–water partition coefficient (Wildman–Crippen LogP) is 9.54. The molecule has 4 N–H and O–H groups in total. The summed E-state index contributed by atoms with van der Waals surface area (Å²) in [5, 5.41) is 14.1. The molecule has 4 saturated carbocycles. The lowest BCUT2D eigenvalue weighted by Gasteiger charge is -2.42. The zero-order valence-electron chi connectivity index (χ0n) is 38.2. The van der Waals surface area contributed by atoms with Crippen LogP contribution in [0.5, 0.6) is 0 Å². The summed E-state index contributed by atoms with van der Waals surface area (Å²) in [6.45, 7) is 1.65. The van der Waals surface area contributed by atoms with E-state index in [2.05, 4.69) is 79.6 Å². The summed E-state index contributed by atoms with van der Waals surface area (Å²) in [6.07, 6.45) is 15.0. The molecule has 4 aromatic carbocycles. The Hall–Kier alpha value is -5.64. The molecular weight excluding hydrogens is 821 g/mol. The van der Waals surface area contributed by atoms with Gasteiger partial charge in [0.15, 0.2) is 0 Å². The first-order valence-corrected chi connectivity index (χ1v) is 25.4. The fourth-order valence-electron chi connectivity index (χ4n) is 13.2. The largest absolute Gasteiger partial charge is 0.381 e. The highest BCUT2D eigenvalue weighted by Gasteiger charge is 2.53. The van der Waals surface area contributed by atoms with Crippen molar-refractivity contribution in [3.05, 3.63) is 131 Å². The van der Waals surface area contributed by atoms with E-state index >= 15 is 0 Å². The fraction of sp³-hybridized carbons (Fsp3) is 0.500. The summed E-state index contributed by atoms with van der Waals surface area (Å²) in [4.78, 5) is 58.2. The molecule has 66 heavy (non-hydrogen) atoms. The van der Waals surface area contributed by atoms with Crippen molar-refractivity contribution < 1.29 is 19.2 Å². The van der Waals surface area contributed by atoms with Crippen LogP contribution in [0.15, 0.2) is 109 Å². The van der Waals surface area contributed by atoms with Crippen molar-refractivity contribution >= 4 is 35.0 Å². The Morgan fingerprint density at radius 3 is 1.23 bits per heavy atom. The molecule has 0 unspecified atom stereocenters. The van der Waals surface area contributed by atoms with Crippen LogP contribution < -0.4 is 21.3 Å². The van der Waals surface area contributed by atoms with Gasteiger partial charge in [-0.1, -0.05) is 98.5 Å². The van der Waals surface area contributed by atoms with Crippen molar-refractivity contribution in [1.29, 1.82) is 0 Å². The second-order valence-corrected chi connectivity index (χ2v) is 20.7. The first-order valence-electron chi connectivity index (χ1n) is 25.4. The van der Waals surface area contributed by atoms with Crippen LogP contribution in [0.3, 0.4) is 0 Å². The number of rotatable bonds is 8. The number of nitrogens with zero attached hydrogens (tertiary/aromatic N) is 2. The van der Waals surface area contributed by atoms with Gasteiger partial charge in [-0.15, -0.1) is 0 Å². The number of carbonyl (C=O) groups excluding carboxylic acids is 4. The van der Waals surface area contributed by atoms with Gasteiger partial charge in [-0.25, -0.2) is 0 Å². The van der Waals surface area contributed by atoms with Gasteiger partial charge in [-0.2, -0.15) is 0 Å². The SMILES string of the molecule is O=C(N[C@@H]1CCCC[C@@H]1C(=O)N1CC[C@@H]2[C@H](C3CC3)Nc3ccccc3[C@@H]21)c1ccccc1.O=C(N[C@@H]1CCCC[C@@H]1C(=O)N1CC[C@H]2[C@@H](C3CC3)Nc3ccccc3[C@H]21)c1ccccc1. The number of hydrogen-bond donors (Lipinski definition) is 4. The summed E-state index contributed by atoms with van der Waals surface area (Å²) in [6, 6.07) is 36.9. The lowest BCUT2D eigenvalue weighted by atomic mass is 9.79. The first kappa shape index (κ1) is 43.0. The van der Waals surface area contributed by atoms with Gasteiger partial charge >= 0.3 is 0 Å². The van der Waals surface area contributed by atoms with Gasteiger partial charge in [0.1, 0.15) is 0 Å². The number of benzene rings is 4. The van der Waals surface area contributed by atoms with Gasteiger partial charge < -0.3 is 31.1 Å².